The van der Waals surface area contributed by atoms with Gasteiger partial charge in [0.2, 0.25) is 15.9 Å². The highest BCUT2D eigenvalue weighted by Crippen LogP contribution is 2.35. The third-order valence-electron chi connectivity index (χ3n) is 6.83. The van der Waals surface area contributed by atoms with Gasteiger partial charge >= 0.3 is 0 Å². The van der Waals surface area contributed by atoms with Crippen molar-refractivity contribution in [2.45, 2.75) is 30.4 Å². The Balaban J connectivity index is 1.32. The lowest BCUT2D eigenvalue weighted by Crippen LogP contribution is -2.53. The molecule has 0 aliphatic carbocycles. The van der Waals surface area contributed by atoms with Crippen LogP contribution in [0, 0.1) is 5.92 Å². The maximum atomic E-state index is 13.8. The first-order valence-electron chi connectivity index (χ1n) is 12.5. The molecule has 0 radical (unpaired) electrons. The molecule has 1 fully saturated rings. The number of nitrogens with zero attached hydrogens (tertiary/aromatic N) is 2. The summed E-state index contributed by atoms with van der Waals surface area (Å²) < 4.78 is 34.7. The van der Waals surface area contributed by atoms with Gasteiger partial charge in [-0.1, -0.05) is 58.4 Å². The van der Waals surface area contributed by atoms with E-state index in [1.54, 1.807) is 47.4 Å². The molecule has 2 aliphatic rings. The standard InChI is InChI=1S/C28H28BrN3O5S/c29-22-12-14-23(15-13-22)38(35,36)31-16-6-9-21(18-31)28(34)32-19-26(37-25-11-5-4-10-24(25)32)27(33)30-17-20-7-2-1-3-8-20/h1-5,7-8,10-15,21,26H,6,9,16-19H2,(H,30,33)/t21-,26+/m1/s1. The molecule has 38 heavy (non-hydrogen) atoms. The molecule has 2 heterocycles. The third kappa shape index (κ3) is 5.62. The lowest BCUT2D eigenvalue weighted by Gasteiger charge is -2.38. The highest BCUT2D eigenvalue weighted by Gasteiger charge is 2.39. The minimum absolute atomic E-state index is 0.0480. The van der Waals surface area contributed by atoms with Crippen molar-refractivity contribution in [1.29, 1.82) is 0 Å². The quantitative estimate of drug-likeness (QED) is 0.464. The number of benzene rings is 3. The van der Waals surface area contributed by atoms with Gasteiger partial charge in [0.05, 0.1) is 23.0 Å². The Morgan fingerprint density at radius 2 is 1.66 bits per heavy atom. The van der Waals surface area contributed by atoms with Gasteiger partial charge in [-0.05, 0) is 54.8 Å². The molecule has 198 valence electrons. The van der Waals surface area contributed by atoms with Gasteiger partial charge in [0.25, 0.3) is 5.91 Å². The normalized spacial score (nSPS) is 19.8. The lowest BCUT2D eigenvalue weighted by atomic mass is 9.97. The van der Waals surface area contributed by atoms with Crippen molar-refractivity contribution < 1.29 is 22.7 Å². The number of fused-ring (bicyclic) bond motifs is 1. The second-order valence-electron chi connectivity index (χ2n) is 9.38. The number of halogens is 1. The predicted molar refractivity (Wildman–Crippen MR) is 147 cm³/mol. The van der Waals surface area contributed by atoms with E-state index in [2.05, 4.69) is 21.2 Å². The molecule has 2 atom stereocenters. The van der Waals surface area contributed by atoms with E-state index in [0.717, 1.165) is 10.0 Å². The fraction of sp³-hybridized carbons (Fsp3) is 0.286. The van der Waals surface area contributed by atoms with Crippen molar-refractivity contribution in [3.05, 3.63) is 88.9 Å². The molecule has 1 saturated heterocycles. The number of carbonyl (C=O) groups is 2. The van der Waals surface area contributed by atoms with Crippen molar-refractivity contribution in [2.24, 2.45) is 5.92 Å². The molecule has 5 rings (SSSR count). The van der Waals surface area contributed by atoms with Crippen molar-refractivity contribution in [1.82, 2.24) is 9.62 Å². The van der Waals surface area contributed by atoms with Crippen molar-refractivity contribution in [2.75, 3.05) is 24.5 Å². The first-order valence-corrected chi connectivity index (χ1v) is 14.7. The topological polar surface area (TPSA) is 96.0 Å². The van der Waals surface area contributed by atoms with Crippen molar-refractivity contribution in [3.63, 3.8) is 0 Å². The lowest BCUT2D eigenvalue weighted by molar-refractivity contribution is -0.129. The molecular formula is C28H28BrN3O5S. The average Bonchev–Trinajstić information content (AvgIpc) is 2.95. The Morgan fingerprint density at radius 1 is 0.947 bits per heavy atom. The van der Waals surface area contributed by atoms with Gasteiger partial charge in [-0.2, -0.15) is 4.31 Å². The molecular weight excluding hydrogens is 570 g/mol. The Hall–Kier alpha value is -3.21. The minimum Gasteiger partial charge on any atom is -0.477 e. The summed E-state index contributed by atoms with van der Waals surface area (Å²) >= 11 is 3.33. The number of ether oxygens (including phenoxy) is 1. The number of hydrogen-bond donors (Lipinski definition) is 1. The summed E-state index contributed by atoms with van der Waals surface area (Å²) in [6.07, 6.45) is 0.248. The number of nitrogens with one attached hydrogen (secondary N) is 1. The smallest absolute Gasteiger partial charge is 0.263 e. The SMILES string of the molecule is O=C(NCc1ccccc1)[C@@H]1CN(C(=O)[C@@H]2CCCN(S(=O)(=O)c3ccc(Br)cc3)C2)c2ccccc2O1. The van der Waals surface area contributed by atoms with Gasteiger partial charge in [-0.15, -0.1) is 0 Å². The van der Waals surface area contributed by atoms with Gasteiger partial charge in [0, 0.05) is 24.1 Å². The number of sulfonamides is 1. The van der Waals surface area contributed by atoms with E-state index < -0.39 is 22.0 Å². The van der Waals surface area contributed by atoms with E-state index in [1.165, 1.54) is 4.31 Å². The van der Waals surface area contributed by atoms with E-state index in [9.17, 15) is 18.0 Å². The second-order valence-corrected chi connectivity index (χ2v) is 12.2. The van der Waals surface area contributed by atoms with Gasteiger partial charge in [-0.3, -0.25) is 9.59 Å². The monoisotopic (exact) mass is 597 g/mol. The number of amides is 2. The van der Waals surface area contributed by atoms with E-state index in [-0.39, 0.29) is 29.8 Å². The van der Waals surface area contributed by atoms with Crippen LogP contribution in [-0.4, -0.2) is 50.3 Å². The van der Waals surface area contributed by atoms with Crippen LogP contribution >= 0.6 is 15.9 Å². The van der Waals surface area contributed by atoms with E-state index in [4.69, 9.17) is 4.74 Å². The molecule has 2 aliphatic heterocycles. The fourth-order valence-corrected chi connectivity index (χ4v) is 6.60. The molecule has 10 heteroatoms. The first kappa shape index (κ1) is 26.4. The molecule has 2 amide bonds. The van der Waals surface area contributed by atoms with E-state index >= 15 is 0 Å². The van der Waals surface area contributed by atoms with Gasteiger partial charge in [0.15, 0.2) is 6.10 Å². The zero-order valence-corrected chi connectivity index (χ0v) is 23.0. The maximum absolute atomic E-state index is 13.8. The maximum Gasteiger partial charge on any atom is 0.263 e. The third-order valence-corrected chi connectivity index (χ3v) is 9.23. The summed E-state index contributed by atoms with van der Waals surface area (Å²) in [5.74, 6) is -0.614. The molecule has 3 aromatic carbocycles. The highest BCUT2D eigenvalue weighted by molar-refractivity contribution is 9.10. The largest absolute Gasteiger partial charge is 0.477 e. The first-order chi connectivity index (χ1) is 18.3. The number of hydrogen-bond acceptors (Lipinski definition) is 5. The van der Waals surface area contributed by atoms with Gasteiger partial charge in [-0.25, -0.2) is 8.42 Å². The zero-order valence-electron chi connectivity index (χ0n) is 20.6. The van der Waals surface area contributed by atoms with Crippen molar-refractivity contribution in [3.8, 4) is 5.75 Å². The Bertz CT molecular complexity index is 1420. The summed E-state index contributed by atoms with van der Waals surface area (Å²) in [4.78, 5) is 28.6. The molecule has 0 bridgehead atoms. The van der Waals surface area contributed by atoms with Crippen LogP contribution in [0.15, 0.2) is 88.2 Å². The summed E-state index contributed by atoms with van der Waals surface area (Å²) in [5.41, 5.74) is 1.54. The van der Waals surface area contributed by atoms with Crippen LogP contribution in [-0.2, 0) is 26.2 Å². The minimum atomic E-state index is -3.74. The van der Waals surface area contributed by atoms with Gasteiger partial charge < -0.3 is 15.0 Å². The highest BCUT2D eigenvalue weighted by atomic mass is 79.9. The Kier molecular flexibility index (Phi) is 7.83. The van der Waals surface area contributed by atoms with Crippen LogP contribution in [0.2, 0.25) is 0 Å². The van der Waals surface area contributed by atoms with Crippen LogP contribution in [0.1, 0.15) is 18.4 Å². The average molecular weight is 599 g/mol. The van der Waals surface area contributed by atoms with Crippen LogP contribution in [0.25, 0.3) is 0 Å². The molecule has 0 spiro atoms. The zero-order chi connectivity index (χ0) is 26.7. The number of rotatable bonds is 6. The molecule has 8 nitrogen and oxygen atoms in total. The molecule has 0 unspecified atom stereocenters. The summed E-state index contributed by atoms with van der Waals surface area (Å²) in [7, 11) is -3.74. The van der Waals surface area contributed by atoms with Crippen LogP contribution in [0.3, 0.4) is 0 Å². The molecule has 0 saturated carbocycles. The van der Waals surface area contributed by atoms with E-state index in [1.807, 2.05) is 36.4 Å². The molecule has 0 aromatic heterocycles. The summed E-state index contributed by atoms with van der Waals surface area (Å²) in [5, 5.41) is 2.89. The molecule has 3 aromatic rings. The van der Waals surface area contributed by atoms with Crippen LogP contribution < -0.4 is 15.0 Å². The summed E-state index contributed by atoms with van der Waals surface area (Å²) in [6.45, 7) is 0.834. The number of anilines is 1. The van der Waals surface area contributed by atoms with E-state index in [0.29, 0.717) is 37.4 Å². The van der Waals surface area contributed by atoms with Gasteiger partial charge in [0.1, 0.15) is 5.75 Å². The number of piperidine rings is 1. The number of carbonyl (C=O) groups excluding carboxylic acids is 2. The summed E-state index contributed by atoms with van der Waals surface area (Å²) in [6, 6.07) is 23.2. The Labute approximate surface area is 230 Å². The van der Waals surface area contributed by atoms with Crippen LogP contribution in [0.5, 0.6) is 5.75 Å². The second kappa shape index (κ2) is 11.3. The fourth-order valence-electron chi connectivity index (χ4n) is 4.82. The Morgan fingerprint density at radius 3 is 2.42 bits per heavy atom. The molecule has 1 N–H and O–H groups in total. The predicted octanol–water partition coefficient (Wildman–Crippen LogP) is 3.96. The van der Waals surface area contributed by atoms with Crippen LogP contribution in [0.4, 0.5) is 5.69 Å². The number of para-hydroxylation sites is 2. The van der Waals surface area contributed by atoms with Crippen molar-refractivity contribution >= 4 is 43.5 Å².